The minimum Gasteiger partial charge on any atom is -0.481 e. The second kappa shape index (κ2) is 12.6. The number of likely N-dealkylation sites (tertiary alicyclic amines) is 1. The maximum Gasteiger partial charge on any atom is 0.274 e. The number of ether oxygens (including phenoxy) is 2. The fourth-order valence-corrected chi connectivity index (χ4v) is 5.90. The van der Waals surface area contributed by atoms with E-state index in [-0.39, 0.29) is 40.9 Å². The monoisotopic (exact) mass is 563 g/mol. The van der Waals surface area contributed by atoms with E-state index in [9.17, 15) is 22.8 Å². The highest BCUT2D eigenvalue weighted by Crippen LogP contribution is 2.33. The number of piperidine rings is 1. The smallest absolute Gasteiger partial charge is 0.274 e. The molecule has 0 aromatic carbocycles. The Morgan fingerprint density at radius 2 is 1.82 bits per heavy atom. The molecule has 2 aromatic rings. The van der Waals surface area contributed by atoms with E-state index >= 15 is 0 Å². The van der Waals surface area contributed by atoms with Crippen LogP contribution in [0.1, 0.15) is 74.5 Å². The van der Waals surface area contributed by atoms with Crippen LogP contribution < -0.4 is 10.1 Å². The number of nitrogens with zero attached hydrogens (tertiary/aromatic N) is 4. The summed E-state index contributed by atoms with van der Waals surface area (Å²) in [5.74, 6) is -1.50. The quantitative estimate of drug-likeness (QED) is 0.530. The van der Waals surface area contributed by atoms with Crippen molar-refractivity contribution >= 4 is 11.8 Å². The van der Waals surface area contributed by atoms with E-state index in [1.165, 1.54) is 13.2 Å². The minimum absolute atomic E-state index is 0.0706. The Hall–Kier alpha value is -3.15. The Morgan fingerprint density at radius 3 is 2.48 bits per heavy atom. The third kappa shape index (κ3) is 6.26. The highest BCUT2D eigenvalue weighted by molar-refractivity contribution is 5.93. The molecule has 2 aliphatic heterocycles. The molecule has 1 aliphatic carbocycles. The molecule has 1 saturated carbocycles. The van der Waals surface area contributed by atoms with E-state index in [2.05, 4.69) is 15.4 Å². The molecule has 5 rings (SSSR count). The zero-order chi connectivity index (χ0) is 28.2. The summed E-state index contributed by atoms with van der Waals surface area (Å²) in [6.45, 7) is 1.32. The molecule has 3 aliphatic rings. The summed E-state index contributed by atoms with van der Waals surface area (Å²) in [6.07, 6.45) is 3.88. The van der Waals surface area contributed by atoms with Crippen molar-refractivity contribution in [1.82, 2.24) is 25.0 Å². The summed E-state index contributed by atoms with van der Waals surface area (Å²) in [4.78, 5) is 31.9. The van der Waals surface area contributed by atoms with Gasteiger partial charge in [-0.25, -0.2) is 22.8 Å². The molecular formula is C28H36F3N5O4. The molecule has 1 atom stereocenters. The number of hydrogen-bond donors (Lipinski definition) is 1. The molecule has 1 unspecified atom stereocenters. The highest BCUT2D eigenvalue weighted by atomic mass is 19.3. The molecule has 0 spiro atoms. The van der Waals surface area contributed by atoms with Gasteiger partial charge >= 0.3 is 0 Å². The van der Waals surface area contributed by atoms with E-state index < -0.39 is 24.4 Å². The van der Waals surface area contributed by atoms with Crippen LogP contribution in [0.3, 0.4) is 0 Å². The summed E-state index contributed by atoms with van der Waals surface area (Å²) < 4.78 is 53.4. The summed E-state index contributed by atoms with van der Waals surface area (Å²) in [7, 11) is 1.45. The fraction of sp³-hybridized carbons (Fsp3) is 0.643. The number of amides is 2. The minimum atomic E-state index is -2.30. The van der Waals surface area contributed by atoms with Crippen LogP contribution in [-0.2, 0) is 9.53 Å². The van der Waals surface area contributed by atoms with Crippen LogP contribution in [0.25, 0.3) is 11.3 Å². The topological polar surface area (TPSA) is 98.6 Å². The van der Waals surface area contributed by atoms with E-state index in [4.69, 9.17) is 9.47 Å². The third-order valence-corrected chi connectivity index (χ3v) is 8.33. The number of rotatable bonds is 7. The SMILES string of the molecule is COc1cc(-c2cc(C(=O)N3CCC(C(=O)NC4CCC(C(F)F)CC4)CC3)nn2C2CCCCO2)c(F)cn1. The lowest BCUT2D eigenvalue weighted by molar-refractivity contribution is -0.127. The first-order valence-corrected chi connectivity index (χ1v) is 14.1. The van der Waals surface area contributed by atoms with Gasteiger partial charge in [-0.05, 0) is 63.9 Å². The van der Waals surface area contributed by atoms with Crippen molar-refractivity contribution < 1.29 is 32.2 Å². The van der Waals surface area contributed by atoms with Crippen molar-refractivity contribution in [3.63, 3.8) is 0 Å². The van der Waals surface area contributed by atoms with Crippen LogP contribution in [0.5, 0.6) is 5.88 Å². The lowest BCUT2D eigenvalue weighted by Crippen LogP contribution is -2.46. The first kappa shape index (κ1) is 28.4. The van der Waals surface area contributed by atoms with Crippen molar-refractivity contribution in [3.8, 4) is 17.1 Å². The Balaban J connectivity index is 1.25. The molecule has 3 fully saturated rings. The summed E-state index contributed by atoms with van der Waals surface area (Å²) >= 11 is 0. The first-order valence-electron chi connectivity index (χ1n) is 14.1. The van der Waals surface area contributed by atoms with E-state index in [1.54, 1.807) is 15.6 Å². The van der Waals surface area contributed by atoms with Crippen LogP contribution >= 0.6 is 0 Å². The van der Waals surface area contributed by atoms with Crippen LogP contribution in [0.15, 0.2) is 18.3 Å². The largest absolute Gasteiger partial charge is 0.481 e. The first-order chi connectivity index (χ1) is 19.3. The number of alkyl halides is 2. The fourth-order valence-electron chi connectivity index (χ4n) is 5.90. The second-order valence-corrected chi connectivity index (χ2v) is 10.9. The maximum atomic E-state index is 14.9. The van der Waals surface area contributed by atoms with Crippen molar-refractivity contribution in [3.05, 3.63) is 29.8 Å². The highest BCUT2D eigenvalue weighted by Gasteiger charge is 2.33. The van der Waals surface area contributed by atoms with E-state index in [1.807, 2.05) is 0 Å². The zero-order valence-corrected chi connectivity index (χ0v) is 22.7. The van der Waals surface area contributed by atoms with Crippen molar-refractivity contribution in [2.24, 2.45) is 11.8 Å². The number of nitrogens with one attached hydrogen (secondary N) is 1. The average Bonchev–Trinajstić information content (AvgIpc) is 3.43. The molecule has 2 amide bonds. The molecule has 0 bridgehead atoms. The summed E-state index contributed by atoms with van der Waals surface area (Å²) in [5.41, 5.74) is 0.799. The Bertz CT molecular complexity index is 1190. The predicted octanol–water partition coefficient (Wildman–Crippen LogP) is 4.58. The van der Waals surface area contributed by atoms with Gasteiger partial charge < -0.3 is 19.7 Å². The molecule has 40 heavy (non-hydrogen) atoms. The average molecular weight is 564 g/mol. The van der Waals surface area contributed by atoms with Gasteiger partial charge in [0.25, 0.3) is 5.91 Å². The number of carbonyl (C=O) groups excluding carboxylic acids is 2. The number of hydrogen-bond acceptors (Lipinski definition) is 6. The van der Waals surface area contributed by atoms with Gasteiger partial charge in [0.15, 0.2) is 17.7 Å². The molecule has 1 N–H and O–H groups in total. The maximum absolute atomic E-state index is 14.9. The summed E-state index contributed by atoms with van der Waals surface area (Å²) in [5, 5.41) is 7.61. The van der Waals surface area contributed by atoms with Gasteiger partial charge in [-0.1, -0.05) is 0 Å². The van der Waals surface area contributed by atoms with E-state index in [0.717, 1.165) is 19.0 Å². The molecule has 0 radical (unpaired) electrons. The Morgan fingerprint density at radius 1 is 1.07 bits per heavy atom. The number of aromatic nitrogens is 3. The third-order valence-electron chi connectivity index (χ3n) is 8.33. The standard InChI is InChI=1S/C28H36F3N5O4/c1-39-24-14-20(21(29)16-32-24)23-15-22(34-36(23)25-4-2-3-13-40-25)28(38)35-11-9-18(10-12-35)27(37)33-19-7-5-17(6-8-19)26(30)31/h14-19,25-26H,2-13H2,1H3,(H,33,37). The predicted molar refractivity (Wildman–Crippen MR) is 139 cm³/mol. The van der Waals surface area contributed by atoms with Gasteiger partial charge in [0, 0.05) is 49.2 Å². The van der Waals surface area contributed by atoms with Gasteiger partial charge in [-0.2, -0.15) is 5.10 Å². The van der Waals surface area contributed by atoms with Crippen LogP contribution in [0.2, 0.25) is 0 Å². The van der Waals surface area contributed by atoms with Crippen molar-refractivity contribution in [2.75, 3.05) is 26.8 Å². The van der Waals surface area contributed by atoms with Crippen LogP contribution in [0, 0.1) is 17.7 Å². The van der Waals surface area contributed by atoms with Gasteiger partial charge in [0.05, 0.1) is 19.0 Å². The van der Waals surface area contributed by atoms with Crippen LogP contribution in [0.4, 0.5) is 13.2 Å². The molecular weight excluding hydrogens is 527 g/mol. The lowest BCUT2D eigenvalue weighted by Gasteiger charge is -2.33. The normalized spacial score (nSPS) is 24.2. The Kier molecular flexibility index (Phi) is 8.92. The van der Waals surface area contributed by atoms with Gasteiger partial charge in [0.1, 0.15) is 0 Å². The van der Waals surface area contributed by atoms with Gasteiger partial charge in [-0.3, -0.25) is 9.59 Å². The Labute approximate surface area is 231 Å². The molecule has 2 saturated heterocycles. The number of carbonyl (C=O) groups is 2. The van der Waals surface area contributed by atoms with E-state index in [0.29, 0.717) is 70.3 Å². The molecule has 2 aromatic heterocycles. The zero-order valence-electron chi connectivity index (χ0n) is 22.7. The number of pyridine rings is 1. The lowest BCUT2D eigenvalue weighted by atomic mass is 9.85. The molecule has 4 heterocycles. The van der Waals surface area contributed by atoms with Crippen LogP contribution in [-0.4, -0.2) is 70.8 Å². The summed E-state index contributed by atoms with van der Waals surface area (Å²) in [6, 6.07) is 2.98. The molecule has 12 heteroatoms. The van der Waals surface area contributed by atoms with Gasteiger partial charge in [0.2, 0.25) is 18.2 Å². The number of methoxy groups -OCH3 is 1. The molecule has 218 valence electrons. The number of halogens is 3. The molecule has 9 nitrogen and oxygen atoms in total. The van der Waals surface area contributed by atoms with Crippen molar-refractivity contribution in [2.45, 2.75) is 76.5 Å². The van der Waals surface area contributed by atoms with Gasteiger partial charge in [-0.15, -0.1) is 0 Å². The second-order valence-electron chi connectivity index (χ2n) is 10.9. The van der Waals surface area contributed by atoms with Crippen molar-refractivity contribution in [1.29, 1.82) is 0 Å².